The zero-order chi connectivity index (χ0) is 18.4. The number of H-pyrrole nitrogens is 1. The Balaban J connectivity index is 1.52. The highest BCUT2D eigenvalue weighted by molar-refractivity contribution is 7.99. The van der Waals surface area contributed by atoms with Gasteiger partial charge in [0.25, 0.3) is 5.91 Å². The number of amides is 1. The Bertz CT molecular complexity index is 828. The van der Waals surface area contributed by atoms with Gasteiger partial charge in [0, 0.05) is 37.3 Å². The van der Waals surface area contributed by atoms with Crippen LogP contribution in [0.15, 0.2) is 47.5 Å². The number of nitrogens with zero attached hydrogens (tertiary/aromatic N) is 1. The molecule has 6 nitrogen and oxygen atoms in total. The highest BCUT2D eigenvalue weighted by Crippen LogP contribution is 2.20. The molecule has 1 fully saturated rings. The molecule has 1 saturated heterocycles. The van der Waals surface area contributed by atoms with Gasteiger partial charge in [-0.3, -0.25) is 4.79 Å². The second kappa shape index (κ2) is 8.75. The molecule has 2 aromatic rings. The van der Waals surface area contributed by atoms with Crippen LogP contribution < -0.4 is 5.32 Å². The van der Waals surface area contributed by atoms with E-state index in [2.05, 4.69) is 22.4 Å². The molecule has 8 heteroatoms. The monoisotopic (exact) mass is 393 g/mol. The second-order valence-electron chi connectivity index (χ2n) is 6.11. The van der Waals surface area contributed by atoms with E-state index in [0.717, 1.165) is 24.3 Å². The van der Waals surface area contributed by atoms with E-state index < -0.39 is 10.0 Å². The average molecular weight is 394 g/mol. The number of rotatable bonds is 7. The van der Waals surface area contributed by atoms with Crippen molar-refractivity contribution in [3.63, 3.8) is 0 Å². The van der Waals surface area contributed by atoms with Crippen molar-refractivity contribution >= 4 is 27.7 Å². The molecule has 0 atom stereocenters. The average Bonchev–Trinajstić information content (AvgIpc) is 3.18. The fourth-order valence-electron chi connectivity index (χ4n) is 2.82. The van der Waals surface area contributed by atoms with Crippen LogP contribution in [0.3, 0.4) is 0 Å². The first kappa shape index (κ1) is 19.0. The number of nitrogens with one attached hydrogen (secondary N) is 2. The summed E-state index contributed by atoms with van der Waals surface area (Å²) in [5.41, 5.74) is 1.50. The molecule has 1 aromatic heterocycles. The maximum Gasteiger partial charge on any atom is 0.267 e. The van der Waals surface area contributed by atoms with Crippen molar-refractivity contribution in [2.24, 2.45) is 0 Å². The lowest BCUT2D eigenvalue weighted by Gasteiger charge is -2.24. The molecular formula is C18H23N3O3S2. The number of thioether (sulfide) groups is 1. The van der Waals surface area contributed by atoms with Crippen LogP contribution in [-0.4, -0.2) is 54.8 Å². The van der Waals surface area contributed by atoms with Gasteiger partial charge < -0.3 is 10.3 Å². The van der Waals surface area contributed by atoms with Crippen LogP contribution in [0, 0.1) is 0 Å². The van der Waals surface area contributed by atoms with Crippen LogP contribution in [0.2, 0.25) is 0 Å². The fraction of sp³-hybridized carbons (Fsp3) is 0.389. The molecule has 2 N–H and O–H groups in total. The standard InChI is InChI=1S/C18H23N3O3S2/c22-18(19-8-4-7-15-5-2-1-3-6-15)17-13-16(14-20-17)26(23,24)21-9-11-25-12-10-21/h1-3,5-6,13-14,20H,4,7-12H2,(H,19,22). The van der Waals surface area contributed by atoms with Gasteiger partial charge in [0.2, 0.25) is 10.0 Å². The first-order valence-corrected chi connectivity index (χ1v) is 11.3. The van der Waals surface area contributed by atoms with Crippen LogP contribution in [0.5, 0.6) is 0 Å². The largest absolute Gasteiger partial charge is 0.356 e. The molecule has 1 aliphatic rings. The number of sulfonamides is 1. The van der Waals surface area contributed by atoms with Crippen molar-refractivity contribution in [2.75, 3.05) is 31.1 Å². The summed E-state index contributed by atoms with van der Waals surface area (Å²) in [6, 6.07) is 11.5. The number of hydrogen-bond acceptors (Lipinski definition) is 4. The van der Waals surface area contributed by atoms with Crippen molar-refractivity contribution in [3.05, 3.63) is 53.9 Å². The highest BCUT2D eigenvalue weighted by atomic mass is 32.2. The second-order valence-corrected chi connectivity index (χ2v) is 9.27. The summed E-state index contributed by atoms with van der Waals surface area (Å²) in [6.45, 7) is 1.57. The predicted molar refractivity (Wildman–Crippen MR) is 104 cm³/mol. The Morgan fingerprint density at radius 3 is 2.65 bits per heavy atom. The molecule has 0 spiro atoms. The number of carbonyl (C=O) groups is 1. The molecule has 26 heavy (non-hydrogen) atoms. The van der Waals surface area contributed by atoms with E-state index in [9.17, 15) is 13.2 Å². The first-order chi connectivity index (χ1) is 12.6. The Morgan fingerprint density at radius 2 is 1.92 bits per heavy atom. The number of carbonyl (C=O) groups excluding carboxylic acids is 1. The number of aromatic nitrogens is 1. The third kappa shape index (κ3) is 4.69. The van der Waals surface area contributed by atoms with Crippen molar-refractivity contribution in [3.8, 4) is 0 Å². The normalized spacial score (nSPS) is 15.7. The van der Waals surface area contributed by atoms with Gasteiger partial charge in [0.05, 0.1) is 0 Å². The van der Waals surface area contributed by atoms with E-state index in [1.54, 1.807) is 11.8 Å². The van der Waals surface area contributed by atoms with Crippen LogP contribution >= 0.6 is 11.8 Å². The zero-order valence-corrected chi connectivity index (χ0v) is 16.1. The molecule has 2 heterocycles. The smallest absolute Gasteiger partial charge is 0.267 e. The summed E-state index contributed by atoms with van der Waals surface area (Å²) < 4.78 is 26.7. The molecule has 3 rings (SSSR count). The van der Waals surface area contributed by atoms with Crippen LogP contribution in [-0.2, 0) is 16.4 Å². The highest BCUT2D eigenvalue weighted by Gasteiger charge is 2.27. The lowest BCUT2D eigenvalue weighted by atomic mass is 10.1. The van der Waals surface area contributed by atoms with Gasteiger partial charge in [-0.15, -0.1) is 0 Å². The molecule has 1 aliphatic heterocycles. The van der Waals surface area contributed by atoms with Gasteiger partial charge in [0.1, 0.15) is 10.6 Å². The Kier molecular flexibility index (Phi) is 6.39. The number of aromatic amines is 1. The summed E-state index contributed by atoms with van der Waals surface area (Å²) in [5, 5.41) is 2.83. The molecule has 0 saturated carbocycles. The van der Waals surface area contributed by atoms with E-state index in [1.807, 2.05) is 18.2 Å². The van der Waals surface area contributed by atoms with Crippen LogP contribution in [0.4, 0.5) is 0 Å². The molecule has 0 unspecified atom stereocenters. The van der Waals surface area contributed by atoms with Gasteiger partial charge >= 0.3 is 0 Å². The van der Waals surface area contributed by atoms with Crippen LogP contribution in [0.25, 0.3) is 0 Å². The van der Waals surface area contributed by atoms with E-state index in [1.165, 1.54) is 22.1 Å². The van der Waals surface area contributed by atoms with Crippen molar-refractivity contribution in [1.29, 1.82) is 0 Å². The first-order valence-electron chi connectivity index (χ1n) is 8.66. The molecule has 0 radical (unpaired) electrons. The van der Waals surface area contributed by atoms with Gasteiger partial charge in [0.15, 0.2) is 0 Å². The van der Waals surface area contributed by atoms with Crippen LogP contribution in [0.1, 0.15) is 22.5 Å². The van der Waals surface area contributed by atoms with E-state index in [-0.39, 0.29) is 16.5 Å². The molecular weight excluding hydrogens is 370 g/mol. The van der Waals surface area contributed by atoms with Crippen molar-refractivity contribution in [1.82, 2.24) is 14.6 Å². The number of aryl methyl sites for hydroxylation is 1. The summed E-state index contributed by atoms with van der Waals surface area (Å²) in [7, 11) is -3.53. The molecule has 0 aliphatic carbocycles. The van der Waals surface area contributed by atoms with Gasteiger partial charge in [-0.2, -0.15) is 16.1 Å². The molecule has 1 amide bonds. The number of hydrogen-bond donors (Lipinski definition) is 2. The maximum absolute atomic E-state index is 12.6. The molecule has 0 bridgehead atoms. The maximum atomic E-state index is 12.6. The lowest BCUT2D eigenvalue weighted by molar-refractivity contribution is 0.0949. The zero-order valence-electron chi connectivity index (χ0n) is 14.5. The van der Waals surface area contributed by atoms with Gasteiger partial charge in [-0.1, -0.05) is 30.3 Å². The third-order valence-corrected chi connectivity index (χ3v) is 7.10. The van der Waals surface area contributed by atoms with Gasteiger partial charge in [-0.25, -0.2) is 8.42 Å². The van der Waals surface area contributed by atoms with Gasteiger partial charge in [-0.05, 0) is 24.5 Å². The predicted octanol–water partition coefficient (Wildman–Crippen LogP) is 2.11. The quantitative estimate of drug-likeness (QED) is 0.706. The Morgan fingerprint density at radius 1 is 1.19 bits per heavy atom. The Hall–Kier alpha value is -1.77. The molecule has 1 aromatic carbocycles. The summed E-state index contributed by atoms with van der Waals surface area (Å²) in [6.07, 6.45) is 3.11. The molecule has 140 valence electrons. The Labute approximate surface area is 158 Å². The van der Waals surface area contributed by atoms with E-state index in [0.29, 0.717) is 19.6 Å². The SMILES string of the molecule is O=C(NCCCc1ccccc1)c1cc(S(=O)(=O)N2CCSCC2)c[nH]1. The number of benzene rings is 1. The van der Waals surface area contributed by atoms with E-state index >= 15 is 0 Å². The minimum absolute atomic E-state index is 0.152. The summed E-state index contributed by atoms with van der Waals surface area (Å²) in [5.74, 6) is 1.32. The summed E-state index contributed by atoms with van der Waals surface area (Å²) in [4.78, 5) is 15.2. The van der Waals surface area contributed by atoms with Crippen molar-refractivity contribution in [2.45, 2.75) is 17.7 Å². The van der Waals surface area contributed by atoms with E-state index in [4.69, 9.17) is 0 Å². The minimum atomic E-state index is -3.53. The lowest BCUT2D eigenvalue weighted by Crippen LogP contribution is -2.37. The minimum Gasteiger partial charge on any atom is -0.356 e. The summed E-state index contributed by atoms with van der Waals surface area (Å²) >= 11 is 1.75. The fourth-order valence-corrected chi connectivity index (χ4v) is 5.40. The topological polar surface area (TPSA) is 82.3 Å². The third-order valence-electron chi connectivity index (χ3n) is 4.28. The van der Waals surface area contributed by atoms with Crippen molar-refractivity contribution < 1.29 is 13.2 Å².